The third-order valence-electron chi connectivity index (χ3n) is 3.26. The number of benzene rings is 1. The topological polar surface area (TPSA) is 70.6 Å². The Balaban J connectivity index is 2.47. The third-order valence-corrected chi connectivity index (χ3v) is 3.26. The van der Waals surface area contributed by atoms with Crippen LogP contribution in [0, 0.1) is 11.8 Å². The molecule has 1 atom stereocenters. The fourth-order valence-electron chi connectivity index (χ4n) is 1.94. The summed E-state index contributed by atoms with van der Waals surface area (Å²) >= 11 is 0. The van der Waals surface area contributed by atoms with Gasteiger partial charge in [0, 0.05) is 24.8 Å². The summed E-state index contributed by atoms with van der Waals surface area (Å²) in [6.45, 7) is 11.0. The zero-order chi connectivity index (χ0) is 16.8. The van der Waals surface area contributed by atoms with Gasteiger partial charge in [-0.25, -0.2) is 4.79 Å². The highest BCUT2D eigenvalue weighted by Crippen LogP contribution is 2.17. The number of rotatable bonds is 6. The lowest BCUT2D eigenvalue weighted by atomic mass is 9.95. The number of aromatic hydroxyl groups is 1. The van der Waals surface area contributed by atoms with Crippen molar-refractivity contribution in [3.8, 4) is 5.75 Å². The van der Waals surface area contributed by atoms with E-state index in [-0.39, 0.29) is 11.7 Å². The van der Waals surface area contributed by atoms with E-state index in [9.17, 15) is 9.90 Å². The zero-order valence-corrected chi connectivity index (χ0v) is 14.1. The largest absolute Gasteiger partial charge is 0.508 e. The smallest absolute Gasteiger partial charge is 0.407 e. The van der Waals surface area contributed by atoms with Gasteiger partial charge in [-0.15, -0.1) is 0 Å². The van der Waals surface area contributed by atoms with Gasteiger partial charge in [0.1, 0.15) is 11.4 Å². The number of carbonyl (C=O) groups is 1. The van der Waals surface area contributed by atoms with Gasteiger partial charge in [0.25, 0.3) is 0 Å². The molecule has 1 aromatic rings. The molecule has 0 spiro atoms. The molecule has 5 nitrogen and oxygen atoms in total. The predicted molar refractivity (Wildman–Crippen MR) is 89.2 cm³/mol. The first kappa shape index (κ1) is 18.1. The molecule has 22 heavy (non-hydrogen) atoms. The molecule has 3 N–H and O–H groups in total. The van der Waals surface area contributed by atoms with Crippen LogP contribution in [-0.4, -0.2) is 29.9 Å². The predicted octanol–water partition coefficient (Wildman–Crippen LogP) is 3.60. The van der Waals surface area contributed by atoms with Gasteiger partial charge in [0.05, 0.1) is 0 Å². The molecule has 1 aromatic carbocycles. The van der Waals surface area contributed by atoms with E-state index < -0.39 is 11.7 Å². The zero-order valence-electron chi connectivity index (χ0n) is 14.1. The molecule has 1 rings (SSSR count). The summed E-state index contributed by atoms with van der Waals surface area (Å²) in [6.07, 6.45) is -0.393. The number of hydrogen-bond donors (Lipinski definition) is 3. The van der Waals surface area contributed by atoms with Crippen molar-refractivity contribution in [1.82, 2.24) is 5.32 Å². The number of carbonyl (C=O) groups excluding carboxylic acids is 1. The molecule has 0 bridgehead atoms. The maximum absolute atomic E-state index is 11.7. The van der Waals surface area contributed by atoms with E-state index >= 15 is 0 Å². The molecular formula is C17H28N2O3. The Kier molecular flexibility index (Phi) is 6.53. The molecular weight excluding hydrogens is 280 g/mol. The molecule has 5 heteroatoms. The Labute approximate surface area is 133 Å². The molecule has 0 saturated carbocycles. The highest BCUT2D eigenvalue weighted by Gasteiger charge is 2.19. The van der Waals surface area contributed by atoms with Crippen molar-refractivity contribution in [3.63, 3.8) is 0 Å². The van der Waals surface area contributed by atoms with Gasteiger partial charge < -0.3 is 20.5 Å². The van der Waals surface area contributed by atoms with Crippen molar-refractivity contribution >= 4 is 11.8 Å². The summed E-state index contributed by atoms with van der Waals surface area (Å²) < 4.78 is 5.24. The molecule has 124 valence electrons. The lowest BCUT2D eigenvalue weighted by Gasteiger charge is -2.24. The normalized spacial score (nSPS) is 12.8. The maximum Gasteiger partial charge on any atom is 0.407 e. The van der Waals surface area contributed by atoms with Gasteiger partial charge >= 0.3 is 6.09 Å². The van der Waals surface area contributed by atoms with Crippen LogP contribution in [0.4, 0.5) is 10.5 Å². The second-order valence-corrected chi connectivity index (χ2v) is 6.82. The molecule has 0 heterocycles. The minimum absolute atomic E-state index is 0.234. The first-order chi connectivity index (χ1) is 10.2. The lowest BCUT2D eigenvalue weighted by Crippen LogP contribution is -2.38. The van der Waals surface area contributed by atoms with Crippen molar-refractivity contribution < 1.29 is 14.6 Å². The highest BCUT2D eigenvalue weighted by molar-refractivity contribution is 5.67. The minimum atomic E-state index is -0.489. The monoisotopic (exact) mass is 308 g/mol. The van der Waals surface area contributed by atoms with Crippen LogP contribution in [0.3, 0.4) is 0 Å². The van der Waals surface area contributed by atoms with Gasteiger partial charge in [0.15, 0.2) is 0 Å². The van der Waals surface area contributed by atoms with E-state index in [4.69, 9.17) is 4.74 Å². The fraction of sp³-hybridized carbons (Fsp3) is 0.588. The van der Waals surface area contributed by atoms with Crippen molar-refractivity contribution in [2.24, 2.45) is 11.8 Å². The summed E-state index contributed by atoms with van der Waals surface area (Å²) in [5, 5.41) is 15.6. The van der Waals surface area contributed by atoms with Gasteiger partial charge in [-0.1, -0.05) is 19.9 Å². The number of alkyl carbamates (subject to hydrolysis) is 1. The molecule has 0 fully saturated rings. The number of ether oxygens (including phenoxy) is 1. The standard InChI is InChI=1S/C17H28N2O3/c1-12(2)13(11-19-16(21)22-17(3,4)5)10-18-14-7-6-8-15(20)9-14/h6-9,12-13,18,20H,10-11H2,1-5H3,(H,19,21). The van der Waals surface area contributed by atoms with Gasteiger partial charge in [-0.2, -0.15) is 0 Å². The van der Waals surface area contributed by atoms with E-state index in [0.717, 1.165) is 5.69 Å². The highest BCUT2D eigenvalue weighted by atomic mass is 16.6. The second kappa shape index (κ2) is 7.92. The Bertz CT molecular complexity index is 481. The van der Waals surface area contributed by atoms with E-state index in [2.05, 4.69) is 24.5 Å². The van der Waals surface area contributed by atoms with Gasteiger partial charge in [-0.05, 0) is 44.7 Å². The molecule has 0 aromatic heterocycles. The average Bonchev–Trinajstić information content (AvgIpc) is 2.36. The van der Waals surface area contributed by atoms with Crippen LogP contribution in [0.5, 0.6) is 5.75 Å². The summed E-state index contributed by atoms with van der Waals surface area (Å²) in [7, 11) is 0. The fourth-order valence-corrected chi connectivity index (χ4v) is 1.94. The molecule has 0 aliphatic heterocycles. The summed E-state index contributed by atoms with van der Waals surface area (Å²) in [6, 6.07) is 7.01. The number of phenols is 1. The van der Waals surface area contributed by atoms with E-state index in [1.807, 2.05) is 26.8 Å². The summed E-state index contributed by atoms with van der Waals surface area (Å²) in [5.74, 6) is 0.896. The Morgan fingerprint density at radius 2 is 1.95 bits per heavy atom. The number of anilines is 1. The van der Waals surface area contributed by atoms with Crippen LogP contribution >= 0.6 is 0 Å². The molecule has 0 saturated heterocycles. The lowest BCUT2D eigenvalue weighted by molar-refractivity contribution is 0.0516. The Morgan fingerprint density at radius 1 is 1.27 bits per heavy atom. The van der Waals surface area contributed by atoms with Crippen molar-refractivity contribution in [2.45, 2.75) is 40.2 Å². The average molecular weight is 308 g/mol. The van der Waals surface area contributed by atoms with Gasteiger partial charge in [-0.3, -0.25) is 0 Å². The summed E-state index contributed by atoms with van der Waals surface area (Å²) in [5.41, 5.74) is 0.375. The van der Waals surface area contributed by atoms with E-state index in [1.165, 1.54) is 0 Å². The van der Waals surface area contributed by atoms with Crippen LogP contribution in [0.15, 0.2) is 24.3 Å². The van der Waals surface area contributed by atoms with Crippen molar-refractivity contribution in [1.29, 1.82) is 0 Å². The SMILES string of the molecule is CC(C)C(CNC(=O)OC(C)(C)C)CNc1cccc(O)c1. The van der Waals surface area contributed by atoms with Crippen molar-refractivity contribution in [2.75, 3.05) is 18.4 Å². The van der Waals surface area contributed by atoms with Crippen LogP contribution in [-0.2, 0) is 4.74 Å². The maximum atomic E-state index is 11.7. The number of hydrogen-bond acceptors (Lipinski definition) is 4. The van der Waals surface area contributed by atoms with Crippen LogP contribution in [0.1, 0.15) is 34.6 Å². The first-order valence-corrected chi connectivity index (χ1v) is 7.67. The van der Waals surface area contributed by atoms with Crippen molar-refractivity contribution in [3.05, 3.63) is 24.3 Å². The second-order valence-electron chi connectivity index (χ2n) is 6.82. The van der Waals surface area contributed by atoms with E-state index in [1.54, 1.807) is 18.2 Å². The summed E-state index contributed by atoms with van der Waals surface area (Å²) in [4.78, 5) is 11.7. The molecule has 1 amide bonds. The Morgan fingerprint density at radius 3 is 2.50 bits per heavy atom. The quantitative estimate of drug-likeness (QED) is 0.751. The van der Waals surface area contributed by atoms with Crippen LogP contribution in [0.25, 0.3) is 0 Å². The number of amides is 1. The minimum Gasteiger partial charge on any atom is -0.508 e. The third kappa shape index (κ3) is 7.20. The number of nitrogens with one attached hydrogen (secondary N) is 2. The van der Waals surface area contributed by atoms with Crippen LogP contribution in [0.2, 0.25) is 0 Å². The molecule has 0 aliphatic rings. The molecule has 1 unspecified atom stereocenters. The van der Waals surface area contributed by atoms with Crippen LogP contribution < -0.4 is 10.6 Å². The molecule has 0 radical (unpaired) electrons. The van der Waals surface area contributed by atoms with E-state index in [0.29, 0.717) is 19.0 Å². The molecule has 0 aliphatic carbocycles. The van der Waals surface area contributed by atoms with Gasteiger partial charge in [0.2, 0.25) is 0 Å². The first-order valence-electron chi connectivity index (χ1n) is 7.67. The number of phenolic OH excluding ortho intramolecular Hbond substituents is 1. The Hall–Kier alpha value is -1.91.